The van der Waals surface area contributed by atoms with E-state index in [9.17, 15) is 4.79 Å². The highest BCUT2D eigenvalue weighted by molar-refractivity contribution is 6.08. The van der Waals surface area contributed by atoms with Gasteiger partial charge in [-0.25, -0.2) is 4.98 Å². The molecule has 0 aliphatic rings. The van der Waals surface area contributed by atoms with Gasteiger partial charge in [0.25, 0.3) is 5.91 Å². The molecule has 0 aliphatic carbocycles. The van der Waals surface area contributed by atoms with Crippen molar-refractivity contribution in [2.75, 3.05) is 12.4 Å². The third kappa shape index (κ3) is 3.40. The number of aromatic nitrogens is 2. The number of aryl methyl sites for hydroxylation is 1. The van der Waals surface area contributed by atoms with Gasteiger partial charge in [0.05, 0.1) is 12.8 Å². The minimum Gasteiger partial charge on any atom is -0.497 e. The van der Waals surface area contributed by atoms with Crippen LogP contribution in [0, 0.1) is 6.92 Å². The lowest BCUT2D eigenvalue weighted by Gasteiger charge is -2.09. The van der Waals surface area contributed by atoms with Crippen LogP contribution in [0.2, 0.25) is 0 Å². The Hall–Kier alpha value is -3.60. The standard InChI is InChI=1S/C22H19N3O2/c1-15-11-12-25-14-20(24-21(25)13-15)18-5-3-4-6-19(18)22(26)23-16-7-9-17(27-2)10-8-16/h3-14H,1-2H3,(H,23,26). The molecule has 5 nitrogen and oxygen atoms in total. The quantitative estimate of drug-likeness (QED) is 0.582. The Bertz CT molecular complexity index is 1110. The second-order valence-corrected chi connectivity index (χ2v) is 6.32. The first-order chi connectivity index (χ1) is 13.1. The largest absolute Gasteiger partial charge is 0.497 e. The minimum absolute atomic E-state index is 0.177. The van der Waals surface area contributed by atoms with Gasteiger partial charge in [-0.3, -0.25) is 4.79 Å². The molecule has 0 atom stereocenters. The van der Waals surface area contributed by atoms with Crippen LogP contribution in [0.1, 0.15) is 15.9 Å². The van der Waals surface area contributed by atoms with E-state index in [4.69, 9.17) is 4.74 Å². The molecule has 0 radical (unpaired) electrons. The average molecular weight is 357 g/mol. The van der Waals surface area contributed by atoms with Crippen LogP contribution in [0.3, 0.4) is 0 Å². The summed E-state index contributed by atoms with van der Waals surface area (Å²) in [5.41, 5.74) is 4.85. The molecular formula is C22H19N3O2. The first-order valence-electron chi connectivity index (χ1n) is 8.64. The molecule has 0 aliphatic heterocycles. The van der Waals surface area contributed by atoms with Crippen molar-refractivity contribution < 1.29 is 9.53 Å². The molecule has 0 fully saturated rings. The number of anilines is 1. The zero-order valence-corrected chi connectivity index (χ0v) is 15.1. The molecule has 27 heavy (non-hydrogen) atoms. The van der Waals surface area contributed by atoms with Crippen molar-refractivity contribution in [1.82, 2.24) is 9.38 Å². The van der Waals surface area contributed by atoms with Crippen molar-refractivity contribution in [3.8, 4) is 17.0 Å². The fourth-order valence-corrected chi connectivity index (χ4v) is 2.99. The maximum Gasteiger partial charge on any atom is 0.256 e. The van der Waals surface area contributed by atoms with E-state index >= 15 is 0 Å². The molecule has 4 aromatic rings. The Labute approximate surface area is 157 Å². The smallest absolute Gasteiger partial charge is 0.256 e. The number of pyridine rings is 1. The number of amides is 1. The predicted molar refractivity (Wildman–Crippen MR) is 106 cm³/mol. The van der Waals surface area contributed by atoms with Crippen LogP contribution in [0.15, 0.2) is 73.1 Å². The summed E-state index contributed by atoms with van der Waals surface area (Å²) in [5.74, 6) is 0.567. The Morgan fingerprint density at radius 3 is 2.63 bits per heavy atom. The van der Waals surface area contributed by atoms with Gasteiger partial charge in [0, 0.05) is 29.2 Å². The van der Waals surface area contributed by atoms with Crippen molar-refractivity contribution in [3.63, 3.8) is 0 Å². The molecule has 1 N–H and O–H groups in total. The fourth-order valence-electron chi connectivity index (χ4n) is 2.99. The normalized spacial score (nSPS) is 10.7. The molecule has 2 heterocycles. The van der Waals surface area contributed by atoms with Gasteiger partial charge in [-0.1, -0.05) is 18.2 Å². The van der Waals surface area contributed by atoms with E-state index in [2.05, 4.69) is 10.3 Å². The summed E-state index contributed by atoms with van der Waals surface area (Å²) in [5, 5.41) is 2.93. The van der Waals surface area contributed by atoms with E-state index in [1.807, 2.05) is 84.4 Å². The second-order valence-electron chi connectivity index (χ2n) is 6.32. The zero-order chi connectivity index (χ0) is 18.8. The van der Waals surface area contributed by atoms with Crippen molar-refractivity contribution in [2.24, 2.45) is 0 Å². The molecule has 134 valence electrons. The molecule has 2 aromatic heterocycles. The van der Waals surface area contributed by atoms with Gasteiger partial charge in [-0.05, 0) is 55.0 Å². The number of fused-ring (bicyclic) bond motifs is 1. The van der Waals surface area contributed by atoms with Gasteiger partial charge >= 0.3 is 0 Å². The summed E-state index contributed by atoms with van der Waals surface area (Å²) < 4.78 is 7.11. The Kier molecular flexibility index (Phi) is 4.34. The van der Waals surface area contributed by atoms with Gasteiger partial charge in [0.15, 0.2) is 0 Å². The number of carbonyl (C=O) groups excluding carboxylic acids is 1. The maximum absolute atomic E-state index is 12.9. The van der Waals surface area contributed by atoms with Gasteiger partial charge < -0.3 is 14.5 Å². The average Bonchev–Trinajstić information content (AvgIpc) is 3.11. The third-order valence-corrected chi connectivity index (χ3v) is 4.41. The van der Waals surface area contributed by atoms with Crippen molar-refractivity contribution in [3.05, 3.63) is 84.2 Å². The van der Waals surface area contributed by atoms with E-state index in [1.165, 1.54) is 0 Å². The summed E-state index contributed by atoms with van der Waals surface area (Å²) in [6.07, 6.45) is 3.91. The summed E-state index contributed by atoms with van der Waals surface area (Å²) in [6.45, 7) is 2.03. The van der Waals surface area contributed by atoms with Crippen LogP contribution < -0.4 is 10.1 Å². The fraction of sp³-hybridized carbons (Fsp3) is 0.0909. The third-order valence-electron chi connectivity index (χ3n) is 4.41. The molecular weight excluding hydrogens is 338 g/mol. The van der Waals surface area contributed by atoms with Gasteiger partial charge in [-0.2, -0.15) is 0 Å². The zero-order valence-electron chi connectivity index (χ0n) is 15.1. The van der Waals surface area contributed by atoms with Crippen LogP contribution in [-0.2, 0) is 0 Å². The van der Waals surface area contributed by atoms with E-state index in [-0.39, 0.29) is 5.91 Å². The lowest BCUT2D eigenvalue weighted by atomic mass is 10.0. The molecule has 2 aromatic carbocycles. The monoisotopic (exact) mass is 357 g/mol. The van der Waals surface area contributed by atoms with Crippen molar-refractivity contribution >= 4 is 17.2 Å². The second kappa shape index (κ2) is 6.96. The molecule has 0 unspecified atom stereocenters. The van der Waals surface area contributed by atoms with Crippen LogP contribution in [0.5, 0.6) is 5.75 Å². The van der Waals surface area contributed by atoms with E-state index in [0.717, 1.165) is 28.2 Å². The van der Waals surface area contributed by atoms with Gasteiger partial charge in [-0.15, -0.1) is 0 Å². The predicted octanol–water partition coefficient (Wildman–Crippen LogP) is 4.57. The maximum atomic E-state index is 12.9. The van der Waals surface area contributed by atoms with Crippen molar-refractivity contribution in [1.29, 1.82) is 0 Å². The number of ether oxygens (including phenoxy) is 1. The lowest BCUT2D eigenvalue weighted by molar-refractivity contribution is 0.102. The van der Waals surface area contributed by atoms with E-state index < -0.39 is 0 Å². The van der Waals surface area contributed by atoms with Crippen LogP contribution in [0.4, 0.5) is 5.69 Å². The number of hydrogen-bond acceptors (Lipinski definition) is 3. The van der Waals surface area contributed by atoms with Crippen LogP contribution in [0.25, 0.3) is 16.9 Å². The summed E-state index contributed by atoms with van der Waals surface area (Å²) in [4.78, 5) is 17.5. The molecule has 0 saturated heterocycles. The van der Waals surface area contributed by atoms with Crippen LogP contribution in [-0.4, -0.2) is 22.4 Å². The first-order valence-corrected chi connectivity index (χ1v) is 8.64. The first kappa shape index (κ1) is 16.8. The number of rotatable bonds is 4. The summed E-state index contributed by atoms with van der Waals surface area (Å²) >= 11 is 0. The Balaban J connectivity index is 1.67. The number of nitrogens with one attached hydrogen (secondary N) is 1. The molecule has 0 bridgehead atoms. The number of benzene rings is 2. The molecule has 0 spiro atoms. The van der Waals surface area contributed by atoms with Gasteiger partial charge in [0.1, 0.15) is 11.4 Å². The van der Waals surface area contributed by atoms with E-state index in [1.54, 1.807) is 7.11 Å². The highest BCUT2D eigenvalue weighted by atomic mass is 16.5. The minimum atomic E-state index is -0.177. The number of nitrogens with zero attached hydrogens (tertiary/aromatic N) is 2. The highest BCUT2D eigenvalue weighted by Gasteiger charge is 2.15. The van der Waals surface area contributed by atoms with E-state index in [0.29, 0.717) is 11.3 Å². The van der Waals surface area contributed by atoms with Crippen molar-refractivity contribution in [2.45, 2.75) is 6.92 Å². The topological polar surface area (TPSA) is 55.6 Å². The Morgan fingerprint density at radius 2 is 1.85 bits per heavy atom. The number of imidazole rings is 1. The molecule has 4 rings (SSSR count). The summed E-state index contributed by atoms with van der Waals surface area (Å²) in [6, 6.07) is 18.8. The molecule has 5 heteroatoms. The molecule has 0 saturated carbocycles. The van der Waals surface area contributed by atoms with Gasteiger partial charge in [0.2, 0.25) is 0 Å². The number of methoxy groups -OCH3 is 1. The summed E-state index contributed by atoms with van der Waals surface area (Å²) in [7, 11) is 1.61. The SMILES string of the molecule is COc1ccc(NC(=O)c2ccccc2-c2cn3ccc(C)cc3n2)cc1. The number of carbonyl (C=O) groups is 1. The highest BCUT2D eigenvalue weighted by Crippen LogP contribution is 2.25. The number of hydrogen-bond donors (Lipinski definition) is 1. The van der Waals surface area contributed by atoms with Crippen LogP contribution >= 0.6 is 0 Å². The Morgan fingerprint density at radius 1 is 1.07 bits per heavy atom. The lowest BCUT2D eigenvalue weighted by Crippen LogP contribution is -2.13. The molecule has 1 amide bonds.